The first-order valence-corrected chi connectivity index (χ1v) is 5.82. The molecule has 0 radical (unpaired) electrons. The number of ether oxygens (including phenoxy) is 1. The van der Waals surface area contributed by atoms with Gasteiger partial charge >= 0.3 is 5.97 Å². The lowest BCUT2D eigenvalue weighted by atomic mass is 10.1. The lowest BCUT2D eigenvalue weighted by molar-refractivity contribution is -0.149. The number of halogens is 1. The predicted molar refractivity (Wildman–Crippen MR) is 65.0 cm³/mol. The molecule has 0 saturated carbocycles. The van der Waals surface area contributed by atoms with Crippen LogP contribution in [-0.2, 0) is 4.79 Å². The molecule has 0 bridgehead atoms. The van der Waals surface area contributed by atoms with Gasteiger partial charge in [0.15, 0.2) is 0 Å². The Morgan fingerprint density at radius 2 is 2.11 bits per heavy atom. The fourth-order valence-corrected chi connectivity index (χ4v) is 2.11. The minimum absolute atomic E-state index is 0.0830. The topological polar surface area (TPSA) is 66.8 Å². The number of rotatable bonds is 3. The van der Waals surface area contributed by atoms with Gasteiger partial charge in [0.1, 0.15) is 5.75 Å². The third-order valence-corrected chi connectivity index (χ3v) is 3.23. The van der Waals surface area contributed by atoms with Gasteiger partial charge in [-0.2, -0.15) is 0 Å². The normalized spacial score (nSPS) is 22.3. The van der Waals surface area contributed by atoms with Crippen molar-refractivity contribution < 1.29 is 23.8 Å². The van der Waals surface area contributed by atoms with Gasteiger partial charge in [-0.15, -0.1) is 0 Å². The molecular weight excluding hydrogens is 253 g/mol. The smallest absolute Gasteiger partial charge is 0.343 e. The van der Waals surface area contributed by atoms with E-state index in [-0.39, 0.29) is 13.0 Å². The Balaban J connectivity index is 2.20. The maximum Gasteiger partial charge on any atom is 0.343 e. The van der Waals surface area contributed by atoms with Gasteiger partial charge in [-0.25, -0.2) is 9.18 Å². The van der Waals surface area contributed by atoms with Crippen LogP contribution in [0.3, 0.4) is 0 Å². The first-order valence-electron chi connectivity index (χ1n) is 5.82. The van der Waals surface area contributed by atoms with Crippen LogP contribution in [0.15, 0.2) is 24.3 Å². The highest BCUT2D eigenvalue weighted by molar-refractivity contribution is 5.97. The molecule has 1 aromatic carbocycles. The number of methoxy groups -OCH3 is 1. The Morgan fingerprint density at radius 3 is 2.68 bits per heavy atom. The molecule has 2 rings (SSSR count). The minimum atomic E-state index is -2.35. The Kier molecular flexibility index (Phi) is 3.42. The highest BCUT2D eigenvalue weighted by Crippen LogP contribution is 2.29. The van der Waals surface area contributed by atoms with Crippen LogP contribution in [0.1, 0.15) is 16.8 Å². The average molecular weight is 267 g/mol. The van der Waals surface area contributed by atoms with Crippen LogP contribution in [-0.4, -0.2) is 47.8 Å². The van der Waals surface area contributed by atoms with Gasteiger partial charge in [0.25, 0.3) is 5.91 Å². The Bertz CT molecular complexity index is 519. The molecule has 102 valence electrons. The van der Waals surface area contributed by atoms with Crippen LogP contribution >= 0.6 is 0 Å². The summed E-state index contributed by atoms with van der Waals surface area (Å²) in [6.07, 6.45) is -0.191. The van der Waals surface area contributed by atoms with Crippen molar-refractivity contribution in [3.8, 4) is 5.75 Å². The maximum absolute atomic E-state index is 13.9. The van der Waals surface area contributed by atoms with Crippen LogP contribution in [0.2, 0.25) is 0 Å². The molecule has 1 aliphatic rings. The lowest BCUT2D eigenvalue weighted by Gasteiger charge is -2.18. The van der Waals surface area contributed by atoms with Gasteiger partial charge in [0.05, 0.1) is 19.2 Å². The summed E-state index contributed by atoms with van der Waals surface area (Å²) >= 11 is 0. The van der Waals surface area contributed by atoms with Crippen LogP contribution in [0, 0.1) is 0 Å². The highest BCUT2D eigenvalue weighted by atomic mass is 19.1. The number of para-hydroxylation sites is 1. The fraction of sp³-hybridized carbons (Fsp3) is 0.385. The largest absolute Gasteiger partial charge is 0.496 e. The van der Waals surface area contributed by atoms with E-state index in [4.69, 9.17) is 9.84 Å². The van der Waals surface area contributed by atoms with Gasteiger partial charge in [-0.3, -0.25) is 4.79 Å². The van der Waals surface area contributed by atoms with Gasteiger partial charge in [-0.05, 0) is 12.1 Å². The first-order chi connectivity index (χ1) is 8.98. The summed E-state index contributed by atoms with van der Waals surface area (Å²) < 4.78 is 19.0. The SMILES string of the molecule is COc1ccccc1C(=O)N1CCC(F)(C(=O)O)C1. The number of benzene rings is 1. The molecule has 1 aromatic rings. The van der Waals surface area contributed by atoms with Crippen molar-refractivity contribution in [2.75, 3.05) is 20.2 Å². The lowest BCUT2D eigenvalue weighted by Crippen LogP contribution is -2.39. The number of alkyl halides is 1. The number of aliphatic carboxylic acids is 1. The number of nitrogens with zero attached hydrogens (tertiary/aromatic N) is 1. The van der Waals surface area contributed by atoms with Crippen molar-refractivity contribution in [2.45, 2.75) is 12.1 Å². The molecule has 19 heavy (non-hydrogen) atoms. The molecule has 6 heteroatoms. The molecule has 1 amide bonds. The summed E-state index contributed by atoms with van der Waals surface area (Å²) in [5.41, 5.74) is -2.04. The number of carboxylic acid groups (broad SMARTS) is 1. The van der Waals surface area contributed by atoms with Crippen LogP contribution in [0.4, 0.5) is 4.39 Å². The minimum Gasteiger partial charge on any atom is -0.496 e. The van der Waals surface area contributed by atoms with Crippen molar-refractivity contribution >= 4 is 11.9 Å². The van der Waals surface area contributed by atoms with Crippen molar-refractivity contribution in [3.05, 3.63) is 29.8 Å². The molecule has 1 N–H and O–H groups in total. The molecule has 1 aliphatic heterocycles. The van der Waals surface area contributed by atoms with Gasteiger partial charge in [0, 0.05) is 13.0 Å². The second-order valence-corrected chi connectivity index (χ2v) is 4.45. The molecule has 1 unspecified atom stereocenters. The van der Waals surface area contributed by atoms with Crippen LogP contribution in [0.5, 0.6) is 5.75 Å². The molecule has 5 nitrogen and oxygen atoms in total. The van der Waals surface area contributed by atoms with E-state index in [1.54, 1.807) is 24.3 Å². The summed E-state index contributed by atoms with van der Waals surface area (Å²) in [5, 5.41) is 8.81. The highest BCUT2D eigenvalue weighted by Gasteiger charge is 2.47. The van der Waals surface area contributed by atoms with Crippen LogP contribution < -0.4 is 4.74 Å². The number of carbonyl (C=O) groups is 2. The summed E-state index contributed by atoms with van der Waals surface area (Å²) in [6.45, 7) is -0.348. The summed E-state index contributed by atoms with van der Waals surface area (Å²) in [4.78, 5) is 24.2. The molecule has 1 heterocycles. The third-order valence-electron chi connectivity index (χ3n) is 3.23. The maximum atomic E-state index is 13.9. The number of carboxylic acids is 1. The van der Waals surface area contributed by atoms with Gasteiger partial charge in [0.2, 0.25) is 5.67 Å². The monoisotopic (exact) mass is 267 g/mol. The molecule has 1 fully saturated rings. The predicted octanol–water partition coefficient (Wildman–Crippen LogP) is 1.33. The van der Waals surface area contributed by atoms with Gasteiger partial charge in [-0.1, -0.05) is 12.1 Å². The first kappa shape index (κ1) is 13.3. The number of carbonyl (C=O) groups excluding carboxylic acids is 1. The molecule has 0 spiro atoms. The van der Waals surface area contributed by atoms with E-state index in [9.17, 15) is 14.0 Å². The third kappa shape index (κ3) is 2.38. The molecule has 1 saturated heterocycles. The van der Waals surface area contributed by atoms with Crippen molar-refractivity contribution in [1.29, 1.82) is 0 Å². The Hall–Kier alpha value is -2.11. The van der Waals surface area contributed by atoms with E-state index in [1.165, 1.54) is 12.0 Å². The van der Waals surface area contributed by atoms with E-state index >= 15 is 0 Å². The van der Waals surface area contributed by atoms with Gasteiger partial charge < -0.3 is 14.7 Å². The number of amides is 1. The quantitative estimate of drug-likeness (QED) is 0.897. The second kappa shape index (κ2) is 4.87. The number of hydrogen-bond donors (Lipinski definition) is 1. The number of likely N-dealkylation sites (tertiary alicyclic amines) is 1. The molecule has 1 atom stereocenters. The van der Waals surface area contributed by atoms with E-state index in [1.807, 2.05) is 0 Å². The van der Waals surface area contributed by atoms with Crippen LogP contribution in [0.25, 0.3) is 0 Å². The van der Waals surface area contributed by atoms with E-state index in [2.05, 4.69) is 0 Å². The summed E-state index contributed by atoms with van der Waals surface area (Å²) in [5.74, 6) is -1.56. The summed E-state index contributed by atoms with van der Waals surface area (Å²) in [6, 6.07) is 6.59. The fourth-order valence-electron chi connectivity index (χ4n) is 2.11. The van der Waals surface area contributed by atoms with E-state index in [0.29, 0.717) is 11.3 Å². The zero-order chi connectivity index (χ0) is 14.0. The molecular formula is C13H14FNO4. The molecule has 0 aliphatic carbocycles. The van der Waals surface area contributed by atoms with Crippen molar-refractivity contribution in [1.82, 2.24) is 4.90 Å². The summed E-state index contributed by atoms with van der Waals surface area (Å²) in [7, 11) is 1.44. The zero-order valence-electron chi connectivity index (χ0n) is 10.4. The van der Waals surface area contributed by atoms with E-state index in [0.717, 1.165) is 0 Å². The number of hydrogen-bond acceptors (Lipinski definition) is 3. The standard InChI is InChI=1S/C13H14FNO4/c1-19-10-5-3-2-4-9(10)11(16)15-7-6-13(14,8-15)12(17)18/h2-5H,6-8H2,1H3,(H,17,18). The Morgan fingerprint density at radius 1 is 1.42 bits per heavy atom. The zero-order valence-corrected chi connectivity index (χ0v) is 10.4. The van der Waals surface area contributed by atoms with E-state index < -0.39 is 24.1 Å². The average Bonchev–Trinajstić information content (AvgIpc) is 2.82. The van der Waals surface area contributed by atoms with Crippen molar-refractivity contribution in [3.63, 3.8) is 0 Å². The second-order valence-electron chi connectivity index (χ2n) is 4.45. The Labute approximate surface area is 109 Å². The molecule has 0 aromatic heterocycles. The van der Waals surface area contributed by atoms with Crippen molar-refractivity contribution in [2.24, 2.45) is 0 Å².